The molecule has 432 valence electrons. The van der Waals surface area contributed by atoms with E-state index in [-0.39, 0.29) is 102 Å². The van der Waals surface area contributed by atoms with Crippen LogP contribution in [0.1, 0.15) is 306 Å². The minimum absolute atomic E-state index is 0. The standard InChI is InChI=1S/6C9H15N2.6Cu/c6*1-6(2)8-5-9(7(3)4)11-10-8;;;;;;/h6*5-7H,1-4H3;;;;;;/q6*-1;6*+1. The van der Waals surface area contributed by atoms with Crippen LogP contribution in [0.5, 0.6) is 0 Å². The van der Waals surface area contributed by atoms with E-state index in [1.165, 1.54) is 0 Å². The van der Waals surface area contributed by atoms with E-state index in [1.807, 2.05) is 0 Å². The van der Waals surface area contributed by atoms with Gasteiger partial charge >= 0.3 is 102 Å². The van der Waals surface area contributed by atoms with E-state index in [9.17, 15) is 0 Å². The molecular weight excluding hydrogens is 1200 g/mol. The van der Waals surface area contributed by atoms with E-state index in [0.29, 0.717) is 71.0 Å². The maximum atomic E-state index is 4.09. The van der Waals surface area contributed by atoms with Gasteiger partial charge < -0.3 is 61.2 Å². The van der Waals surface area contributed by atoms with Crippen LogP contribution in [0.3, 0.4) is 0 Å². The molecule has 0 unspecified atom stereocenters. The zero-order chi connectivity index (χ0) is 50.6. The number of hydrogen-bond acceptors (Lipinski definition) is 6. The summed E-state index contributed by atoms with van der Waals surface area (Å²) in [6.45, 7) is 51.2. The second-order valence-electron chi connectivity index (χ2n) is 21.0. The van der Waals surface area contributed by atoms with Crippen LogP contribution in [0.25, 0.3) is 0 Å². The zero-order valence-corrected chi connectivity index (χ0v) is 53.2. The van der Waals surface area contributed by atoms with Gasteiger partial charge in [-0.25, -0.2) is 0 Å². The molecule has 18 heteroatoms. The van der Waals surface area contributed by atoms with Gasteiger partial charge in [0.1, 0.15) is 0 Å². The van der Waals surface area contributed by atoms with Crippen LogP contribution in [0.15, 0.2) is 36.4 Å². The molecule has 0 amide bonds. The first-order valence-corrected chi connectivity index (χ1v) is 24.7. The van der Waals surface area contributed by atoms with Crippen molar-refractivity contribution in [3.8, 4) is 0 Å². The average Bonchev–Trinajstić information content (AvgIpc) is 4.09. The minimum atomic E-state index is 0. The fraction of sp³-hybridized carbons (Fsp3) is 0.667. The smallest absolute Gasteiger partial charge is 0.578 e. The Morgan fingerprint density at radius 2 is 0.292 bits per heavy atom. The van der Waals surface area contributed by atoms with Gasteiger partial charge in [-0.2, -0.15) is 0 Å². The molecule has 6 aromatic heterocycles. The van der Waals surface area contributed by atoms with Crippen molar-refractivity contribution in [2.45, 2.75) is 237 Å². The predicted octanol–water partition coefficient (Wildman–Crippen LogP) is 13.7. The van der Waals surface area contributed by atoms with Gasteiger partial charge in [0.2, 0.25) is 0 Å². The molecule has 6 rings (SSSR count). The van der Waals surface area contributed by atoms with Gasteiger partial charge in [-0.15, -0.1) is 34.2 Å². The van der Waals surface area contributed by atoms with E-state index in [2.05, 4.69) is 264 Å². The van der Waals surface area contributed by atoms with E-state index in [4.69, 9.17) is 0 Å². The Kier molecular flexibility index (Phi) is 47.1. The SMILES string of the molecule is CC(C)c1cc(C(C)C)[n-]n1.CC(C)c1cc(C(C)C)[n-]n1.CC(C)c1cc(C(C)C)[n-]n1.CC(C)c1cc(C(C)C)[n-]n1.CC(C)c1cc(C(C)C)[n-]n1.CC(C)c1cc(C(C)C)[n-]n1.[Cu+].[Cu+].[Cu+].[Cu+].[Cu+].[Cu+]. The topological polar surface area (TPSA) is 162 Å². The molecule has 0 atom stereocenters. The van der Waals surface area contributed by atoms with Gasteiger partial charge in [-0.05, 0) is 71.0 Å². The third-order valence-corrected chi connectivity index (χ3v) is 10.6. The summed E-state index contributed by atoms with van der Waals surface area (Å²) >= 11 is 0. The van der Waals surface area contributed by atoms with Crippen LogP contribution in [-0.2, 0) is 102 Å². The number of rotatable bonds is 12. The number of hydrogen-bond donors (Lipinski definition) is 0. The Bertz CT molecular complexity index is 1620. The summed E-state index contributed by atoms with van der Waals surface area (Å²) < 4.78 is 0. The van der Waals surface area contributed by atoms with Crippen molar-refractivity contribution < 1.29 is 102 Å². The molecule has 0 aliphatic carbocycles. The molecule has 0 radical (unpaired) electrons. The summed E-state index contributed by atoms with van der Waals surface area (Å²) in [5, 5.41) is 49.0. The quantitative estimate of drug-likeness (QED) is 0.107. The maximum Gasteiger partial charge on any atom is 1.00 e. The van der Waals surface area contributed by atoms with Gasteiger partial charge in [0, 0.05) is 34.2 Å². The van der Waals surface area contributed by atoms with Crippen LogP contribution in [-0.4, -0.2) is 30.6 Å². The van der Waals surface area contributed by atoms with Gasteiger partial charge in [-0.3, -0.25) is 0 Å². The van der Waals surface area contributed by atoms with Crippen molar-refractivity contribution in [1.29, 1.82) is 0 Å². The summed E-state index contributed by atoms with van der Waals surface area (Å²) in [6.07, 6.45) is 0. The van der Waals surface area contributed by atoms with Gasteiger partial charge in [0.05, 0.1) is 0 Å². The molecule has 0 aromatic carbocycles. The van der Waals surface area contributed by atoms with Crippen molar-refractivity contribution in [2.24, 2.45) is 0 Å². The fourth-order valence-corrected chi connectivity index (χ4v) is 5.33. The predicted molar refractivity (Wildman–Crippen MR) is 274 cm³/mol. The van der Waals surface area contributed by atoms with Crippen molar-refractivity contribution >= 4 is 0 Å². The van der Waals surface area contributed by atoms with Crippen molar-refractivity contribution in [2.75, 3.05) is 0 Å². The molecule has 0 bridgehead atoms. The second kappa shape index (κ2) is 41.5. The molecule has 6 aromatic rings. The molecule has 0 aliphatic rings. The third kappa shape index (κ3) is 30.8. The molecule has 12 nitrogen and oxygen atoms in total. The summed E-state index contributed by atoms with van der Waals surface area (Å²) in [5.74, 6) is 5.94. The van der Waals surface area contributed by atoms with E-state index in [0.717, 1.165) is 68.3 Å². The first kappa shape index (κ1) is 81.7. The first-order chi connectivity index (χ1) is 30.7. The van der Waals surface area contributed by atoms with Crippen molar-refractivity contribution in [3.63, 3.8) is 0 Å². The van der Waals surface area contributed by atoms with Crippen molar-refractivity contribution in [3.05, 3.63) is 105 Å². The maximum absolute atomic E-state index is 4.09. The van der Waals surface area contributed by atoms with Crippen molar-refractivity contribution in [1.82, 2.24) is 61.2 Å². The molecule has 0 fully saturated rings. The number of aromatic nitrogens is 12. The van der Waals surface area contributed by atoms with Gasteiger partial charge in [0.15, 0.2) is 0 Å². The molecule has 72 heavy (non-hydrogen) atoms. The van der Waals surface area contributed by atoms with Gasteiger partial charge in [0.25, 0.3) is 0 Å². The molecule has 0 aliphatic heterocycles. The number of nitrogens with zero attached hydrogens (tertiary/aromatic N) is 12. The van der Waals surface area contributed by atoms with E-state index >= 15 is 0 Å². The summed E-state index contributed by atoms with van der Waals surface area (Å²) in [5.41, 5.74) is 13.3. The molecule has 0 spiro atoms. The summed E-state index contributed by atoms with van der Waals surface area (Å²) in [7, 11) is 0. The second-order valence-corrected chi connectivity index (χ2v) is 21.0. The fourth-order valence-electron chi connectivity index (χ4n) is 5.33. The van der Waals surface area contributed by atoms with Crippen LogP contribution in [0.4, 0.5) is 0 Å². The summed E-state index contributed by atoms with van der Waals surface area (Å²) in [6, 6.07) is 12.6. The largest absolute Gasteiger partial charge is 1.00 e. The zero-order valence-electron chi connectivity index (χ0n) is 47.6. The molecular formula is C54H90Cu6N12. The van der Waals surface area contributed by atoms with E-state index < -0.39 is 0 Å². The van der Waals surface area contributed by atoms with Gasteiger partial charge in [-0.1, -0.05) is 203 Å². The van der Waals surface area contributed by atoms with Crippen LogP contribution >= 0.6 is 0 Å². The molecule has 0 N–H and O–H groups in total. The Labute approximate surface area is 501 Å². The van der Waals surface area contributed by atoms with Crippen LogP contribution in [0, 0.1) is 0 Å². The Balaban J connectivity index is -0.000000179. The third-order valence-electron chi connectivity index (χ3n) is 10.6. The van der Waals surface area contributed by atoms with Crippen LogP contribution < -0.4 is 30.6 Å². The molecule has 0 saturated heterocycles. The Morgan fingerprint density at radius 3 is 0.333 bits per heavy atom. The Morgan fingerprint density at radius 1 is 0.194 bits per heavy atom. The molecule has 6 heterocycles. The minimum Gasteiger partial charge on any atom is -0.578 e. The van der Waals surface area contributed by atoms with E-state index in [1.54, 1.807) is 0 Å². The molecule has 0 saturated carbocycles. The Hall–Kier alpha value is -1.62. The average molecular weight is 1290 g/mol. The van der Waals surface area contributed by atoms with Crippen LogP contribution in [0.2, 0.25) is 0 Å². The summed E-state index contributed by atoms with van der Waals surface area (Å²) in [4.78, 5) is 0. The monoisotopic (exact) mass is 1280 g/mol. The first-order valence-electron chi connectivity index (χ1n) is 24.7. The normalized spacial score (nSPS) is 10.5.